The molecule has 1 fully saturated rings. The van der Waals surface area contributed by atoms with Gasteiger partial charge in [0.1, 0.15) is 5.60 Å². The highest BCUT2D eigenvalue weighted by Crippen LogP contribution is 2.43. The topological polar surface area (TPSA) is 41.5 Å². The maximum absolute atomic E-state index is 11.6. The Hall–Kier alpha value is -0.650. The number of halogens is 1. The van der Waals surface area contributed by atoms with Crippen LogP contribution in [0.15, 0.2) is 30.3 Å². The molecular formula is C19H28ClNO2S. The van der Waals surface area contributed by atoms with Crippen molar-refractivity contribution < 1.29 is 9.84 Å². The van der Waals surface area contributed by atoms with Crippen molar-refractivity contribution in [2.75, 3.05) is 26.8 Å². The predicted molar refractivity (Wildman–Crippen MR) is 104 cm³/mol. The first-order valence-corrected chi connectivity index (χ1v) is 9.47. The Bertz CT molecular complexity index is 594. The molecule has 0 amide bonds. The van der Waals surface area contributed by atoms with Crippen molar-refractivity contribution in [3.8, 4) is 0 Å². The van der Waals surface area contributed by atoms with E-state index >= 15 is 0 Å². The van der Waals surface area contributed by atoms with Crippen molar-refractivity contribution in [1.29, 1.82) is 0 Å². The second-order valence-corrected chi connectivity index (χ2v) is 7.65. The number of nitrogens with one attached hydrogen (secondary N) is 1. The summed E-state index contributed by atoms with van der Waals surface area (Å²) in [5, 5.41) is 16.3. The summed E-state index contributed by atoms with van der Waals surface area (Å²) in [5.41, 5.74) is -0.717. The Morgan fingerprint density at radius 1 is 1.33 bits per heavy atom. The van der Waals surface area contributed by atoms with Gasteiger partial charge < -0.3 is 15.2 Å². The van der Waals surface area contributed by atoms with Crippen molar-refractivity contribution in [3.63, 3.8) is 0 Å². The fraction of sp³-hybridized carbons (Fsp3) is 0.579. The first kappa shape index (κ1) is 19.7. The van der Waals surface area contributed by atoms with E-state index in [1.54, 1.807) is 18.4 Å². The Morgan fingerprint density at radius 3 is 2.88 bits per heavy atom. The van der Waals surface area contributed by atoms with Crippen LogP contribution in [0.2, 0.25) is 0 Å². The number of fused-ring (bicyclic) bond motifs is 1. The minimum atomic E-state index is -0.717. The number of rotatable bonds is 7. The van der Waals surface area contributed by atoms with Crippen molar-refractivity contribution in [2.45, 2.75) is 37.7 Å². The van der Waals surface area contributed by atoms with Crippen LogP contribution in [0.25, 0.3) is 10.1 Å². The molecule has 1 aromatic carbocycles. The number of piperidine rings is 1. The van der Waals surface area contributed by atoms with E-state index in [2.05, 4.69) is 35.6 Å². The van der Waals surface area contributed by atoms with Crippen LogP contribution in [0.5, 0.6) is 0 Å². The van der Waals surface area contributed by atoms with Crippen LogP contribution < -0.4 is 5.32 Å². The lowest BCUT2D eigenvalue weighted by atomic mass is 9.78. The van der Waals surface area contributed by atoms with Gasteiger partial charge in [-0.15, -0.1) is 23.7 Å². The summed E-state index contributed by atoms with van der Waals surface area (Å²) in [6.45, 7) is 2.75. The van der Waals surface area contributed by atoms with Gasteiger partial charge in [0.15, 0.2) is 0 Å². The smallest absolute Gasteiger partial charge is 0.103 e. The third-order valence-corrected chi connectivity index (χ3v) is 6.26. The van der Waals surface area contributed by atoms with E-state index in [4.69, 9.17) is 4.74 Å². The average Bonchev–Trinajstić information content (AvgIpc) is 3.04. The van der Waals surface area contributed by atoms with Crippen LogP contribution in [0.1, 0.15) is 37.0 Å². The number of aliphatic hydroxyl groups is 1. The summed E-state index contributed by atoms with van der Waals surface area (Å²) in [7, 11) is 1.74. The standard InChI is InChI=1S/C19H27NO2S.ClH/c1-22-12-5-4-10-19(21,16-8-6-11-20-14-16)18-13-15-7-2-3-9-17(15)23-18;/h2-3,7,9,13,16,20-21H,4-6,8,10-12,14H2,1H3;1H/t16?,19-;/m0./s1. The largest absolute Gasteiger partial charge is 0.385 e. The van der Waals surface area contributed by atoms with E-state index in [1.807, 2.05) is 0 Å². The van der Waals surface area contributed by atoms with Gasteiger partial charge in [0, 0.05) is 35.8 Å². The zero-order chi connectivity index (χ0) is 16.1. The molecular weight excluding hydrogens is 342 g/mol. The molecule has 5 heteroatoms. The lowest BCUT2D eigenvalue weighted by Gasteiger charge is -2.38. The molecule has 3 nitrogen and oxygen atoms in total. The molecule has 1 aliphatic heterocycles. The van der Waals surface area contributed by atoms with Crippen LogP contribution in [-0.4, -0.2) is 31.9 Å². The highest BCUT2D eigenvalue weighted by Gasteiger charge is 2.39. The molecule has 0 radical (unpaired) electrons. The van der Waals surface area contributed by atoms with Gasteiger partial charge in [-0.25, -0.2) is 0 Å². The lowest BCUT2D eigenvalue weighted by Crippen LogP contribution is -2.43. The monoisotopic (exact) mass is 369 g/mol. The van der Waals surface area contributed by atoms with Crippen molar-refractivity contribution in [2.24, 2.45) is 5.92 Å². The van der Waals surface area contributed by atoms with Gasteiger partial charge in [-0.2, -0.15) is 0 Å². The van der Waals surface area contributed by atoms with Crippen LogP contribution >= 0.6 is 23.7 Å². The molecule has 2 heterocycles. The Labute approximate surface area is 154 Å². The number of unbranched alkanes of at least 4 members (excludes halogenated alkanes) is 1. The number of hydrogen-bond acceptors (Lipinski definition) is 4. The molecule has 0 spiro atoms. The van der Waals surface area contributed by atoms with E-state index in [1.165, 1.54) is 10.1 Å². The van der Waals surface area contributed by atoms with Gasteiger partial charge >= 0.3 is 0 Å². The molecule has 1 saturated heterocycles. The van der Waals surface area contributed by atoms with Gasteiger partial charge in [0.25, 0.3) is 0 Å². The number of thiophene rings is 1. The van der Waals surface area contributed by atoms with Gasteiger partial charge in [0.05, 0.1) is 0 Å². The molecule has 24 heavy (non-hydrogen) atoms. The zero-order valence-corrected chi connectivity index (χ0v) is 15.9. The first-order valence-electron chi connectivity index (χ1n) is 8.65. The highest BCUT2D eigenvalue weighted by molar-refractivity contribution is 7.19. The van der Waals surface area contributed by atoms with Crippen LogP contribution in [-0.2, 0) is 10.3 Å². The Balaban J connectivity index is 0.00000208. The average molecular weight is 370 g/mol. The Kier molecular flexibility index (Phi) is 7.51. The van der Waals surface area contributed by atoms with E-state index in [9.17, 15) is 5.11 Å². The predicted octanol–water partition coefficient (Wildman–Crippen LogP) is 4.33. The van der Waals surface area contributed by atoms with Crippen LogP contribution in [0, 0.1) is 5.92 Å². The highest BCUT2D eigenvalue weighted by atomic mass is 35.5. The number of hydrogen-bond donors (Lipinski definition) is 2. The molecule has 1 aliphatic rings. The van der Waals surface area contributed by atoms with E-state index in [-0.39, 0.29) is 12.4 Å². The molecule has 1 aromatic heterocycles. The summed E-state index contributed by atoms with van der Waals surface area (Å²) in [6.07, 6.45) is 5.06. The molecule has 2 atom stereocenters. The summed E-state index contributed by atoms with van der Waals surface area (Å²) in [5.74, 6) is 0.298. The normalized spacial score (nSPS) is 20.5. The summed E-state index contributed by atoms with van der Waals surface area (Å²) in [6, 6.07) is 10.6. The lowest BCUT2D eigenvalue weighted by molar-refractivity contribution is -0.0402. The van der Waals surface area contributed by atoms with Crippen LogP contribution in [0.3, 0.4) is 0 Å². The van der Waals surface area contributed by atoms with Gasteiger partial charge in [0.2, 0.25) is 0 Å². The quantitative estimate of drug-likeness (QED) is 0.714. The summed E-state index contributed by atoms with van der Waals surface area (Å²) < 4.78 is 6.43. The molecule has 2 N–H and O–H groups in total. The second-order valence-electron chi connectivity index (χ2n) is 6.57. The van der Waals surface area contributed by atoms with E-state index in [0.717, 1.165) is 56.7 Å². The molecule has 3 rings (SSSR count). The Morgan fingerprint density at radius 2 is 2.17 bits per heavy atom. The van der Waals surface area contributed by atoms with E-state index in [0.29, 0.717) is 5.92 Å². The molecule has 0 saturated carbocycles. The maximum Gasteiger partial charge on any atom is 0.103 e. The number of benzene rings is 1. The van der Waals surface area contributed by atoms with Crippen molar-refractivity contribution in [3.05, 3.63) is 35.2 Å². The molecule has 0 aliphatic carbocycles. The van der Waals surface area contributed by atoms with Crippen molar-refractivity contribution in [1.82, 2.24) is 5.32 Å². The number of ether oxygens (including phenoxy) is 1. The molecule has 0 bridgehead atoms. The van der Waals surface area contributed by atoms with Gasteiger partial charge in [-0.1, -0.05) is 18.2 Å². The van der Waals surface area contributed by atoms with Crippen molar-refractivity contribution >= 4 is 33.8 Å². The van der Waals surface area contributed by atoms with Gasteiger partial charge in [-0.3, -0.25) is 0 Å². The third-order valence-electron chi connectivity index (χ3n) is 4.98. The number of methoxy groups -OCH3 is 1. The molecule has 1 unspecified atom stereocenters. The molecule has 134 valence electrons. The maximum atomic E-state index is 11.6. The van der Waals surface area contributed by atoms with E-state index < -0.39 is 5.60 Å². The minimum absolute atomic E-state index is 0. The second kappa shape index (κ2) is 9.16. The SMILES string of the molecule is COCCCC[C@@](O)(c1cc2ccccc2s1)C1CCCNC1.Cl. The fourth-order valence-electron chi connectivity index (χ4n) is 3.62. The zero-order valence-electron chi connectivity index (χ0n) is 14.3. The first-order chi connectivity index (χ1) is 11.2. The third kappa shape index (κ3) is 4.30. The van der Waals surface area contributed by atoms with Gasteiger partial charge in [-0.05, 0) is 56.2 Å². The molecule has 2 aromatic rings. The summed E-state index contributed by atoms with van der Waals surface area (Å²) in [4.78, 5) is 1.13. The minimum Gasteiger partial charge on any atom is -0.385 e. The van der Waals surface area contributed by atoms with Crippen LogP contribution in [0.4, 0.5) is 0 Å². The fourth-order valence-corrected chi connectivity index (χ4v) is 4.88. The summed E-state index contributed by atoms with van der Waals surface area (Å²) >= 11 is 1.75.